The average Bonchev–Trinajstić information content (AvgIpc) is 1.68. The van der Waals surface area contributed by atoms with E-state index in [2.05, 4.69) is 41.5 Å². The fourth-order valence-corrected chi connectivity index (χ4v) is 0. The third kappa shape index (κ3) is 0. The lowest BCUT2D eigenvalue weighted by Gasteiger charge is -2.05. The predicted molar refractivity (Wildman–Crippen MR) is 52.4 cm³/mol. The maximum atomic E-state index is 2.19. The van der Waals surface area contributed by atoms with E-state index >= 15 is 0 Å². The van der Waals surface area contributed by atoms with Gasteiger partial charge >= 0.3 is 0 Å². The van der Waals surface area contributed by atoms with Crippen LogP contribution in [0.1, 0.15) is 61.8 Å². The van der Waals surface area contributed by atoms with Gasteiger partial charge in [0.15, 0.2) is 0 Å². The summed E-state index contributed by atoms with van der Waals surface area (Å²) in [6.45, 7) is 17.0. The molecule has 0 heterocycles. The molecule has 0 saturated heterocycles. The molecule has 0 aromatic carbocycles. The Kier molecular flexibility index (Phi) is 19.4. The van der Waals surface area contributed by atoms with Crippen LogP contribution in [0.2, 0.25) is 0 Å². The third-order valence-electron chi connectivity index (χ3n) is 0. The van der Waals surface area contributed by atoms with Crippen molar-refractivity contribution in [1.82, 2.24) is 0 Å². The quantitative estimate of drug-likeness (QED) is 0.472. The van der Waals surface area contributed by atoms with Crippen molar-refractivity contribution in [2.75, 3.05) is 0 Å². The fraction of sp³-hybridized carbons (Fsp3) is 1.00. The van der Waals surface area contributed by atoms with Crippen molar-refractivity contribution in [2.24, 2.45) is 5.41 Å². The molecule has 0 aliphatic heterocycles. The van der Waals surface area contributed by atoms with Crippen LogP contribution in [0.4, 0.5) is 0 Å². The molecule has 0 aromatic rings. The Balaban J connectivity index is -0.0000000847. The molecular formula is C10H26. The van der Waals surface area contributed by atoms with Crippen molar-refractivity contribution in [1.29, 1.82) is 0 Å². The first kappa shape index (κ1) is 16.5. The highest BCUT2D eigenvalue weighted by Crippen LogP contribution is 2.07. The molecule has 0 aromatic heterocycles. The van der Waals surface area contributed by atoms with Crippen molar-refractivity contribution < 1.29 is 0 Å². The monoisotopic (exact) mass is 146 g/mol. The van der Waals surface area contributed by atoms with Gasteiger partial charge in [0.2, 0.25) is 0 Å². The van der Waals surface area contributed by atoms with Gasteiger partial charge in [-0.25, -0.2) is 0 Å². The Morgan fingerprint density at radius 1 is 0.800 bits per heavy atom. The molecule has 0 heteroatoms. The first-order chi connectivity index (χ1) is 4.41. The molecule has 0 radical (unpaired) electrons. The van der Waals surface area contributed by atoms with Gasteiger partial charge in [0.05, 0.1) is 0 Å². The van der Waals surface area contributed by atoms with Gasteiger partial charge < -0.3 is 0 Å². The molecule has 0 nitrogen and oxygen atoms in total. The van der Waals surface area contributed by atoms with Crippen LogP contribution in [0.25, 0.3) is 0 Å². The lowest BCUT2D eigenvalue weighted by Crippen LogP contribution is -1.93. The Labute approximate surface area is 68.0 Å². The zero-order valence-electron chi connectivity index (χ0n) is 9.21. The molecule has 10 heavy (non-hydrogen) atoms. The topological polar surface area (TPSA) is 0 Å². The van der Waals surface area contributed by atoms with Crippen LogP contribution >= 0.6 is 0 Å². The van der Waals surface area contributed by atoms with Gasteiger partial charge in [-0.1, -0.05) is 61.8 Å². The van der Waals surface area contributed by atoms with E-state index in [1.54, 1.807) is 0 Å². The molecule has 66 valence electrons. The van der Waals surface area contributed by atoms with Gasteiger partial charge in [-0.05, 0) is 5.41 Å². The van der Waals surface area contributed by atoms with E-state index in [1.807, 2.05) is 13.8 Å². The number of rotatable bonds is 0. The van der Waals surface area contributed by atoms with Crippen molar-refractivity contribution in [3.63, 3.8) is 0 Å². The molecule has 0 spiro atoms. The second kappa shape index (κ2) is 11.8. The van der Waals surface area contributed by atoms with E-state index in [1.165, 1.54) is 6.42 Å². The molecule has 0 atom stereocenters. The molecule has 0 unspecified atom stereocenters. The summed E-state index contributed by atoms with van der Waals surface area (Å²) >= 11 is 0. The summed E-state index contributed by atoms with van der Waals surface area (Å²) in [6, 6.07) is 0. The van der Waals surface area contributed by atoms with E-state index in [4.69, 9.17) is 0 Å². The SMILES string of the molecule is CC.CC(C)(C)C.CCC. The molecule has 0 fully saturated rings. The summed E-state index contributed by atoms with van der Waals surface area (Å²) in [5, 5.41) is 0. The highest BCUT2D eigenvalue weighted by Gasteiger charge is 1.95. The van der Waals surface area contributed by atoms with Crippen LogP contribution in [0.5, 0.6) is 0 Å². The average molecular weight is 146 g/mol. The summed E-state index contributed by atoms with van der Waals surface area (Å²) in [5.74, 6) is 0. The fourth-order valence-electron chi connectivity index (χ4n) is 0. The van der Waals surface area contributed by atoms with Crippen LogP contribution < -0.4 is 0 Å². The van der Waals surface area contributed by atoms with Gasteiger partial charge in [-0.3, -0.25) is 0 Å². The lowest BCUT2D eigenvalue weighted by atomic mass is 10.0. The summed E-state index contributed by atoms with van der Waals surface area (Å²) in [4.78, 5) is 0. The maximum absolute atomic E-state index is 2.19. The molecule has 0 aliphatic rings. The minimum atomic E-state index is 0.500. The minimum Gasteiger partial charge on any atom is -0.0683 e. The highest BCUT2D eigenvalue weighted by atomic mass is 14.0. The van der Waals surface area contributed by atoms with Gasteiger partial charge in [-0.15, -0.1) is 0 Å². The number of hydrogen-bond acceptors (Lipinski definition) is 0. The smallest absolute Gasteiger partial charge is 0.0411 e. The number of hydrogen-bond donors (Lipinski definition) is 0. The van der Waals surface area contributed by atoms with E-state index < -0.39 is 0 Å². The van der Waals surface area contributed by atoms with E-state index in [0.717, 1.165) is 0 Å². The molecule has 0 aliphatic carbocycles. The van der Waals surface area contributed by atoms with E-state index in [0.29, 0.717) is 5.41 Å². The lowest BCUT2D eigenvalue weighted by molar-refractivity contribution is 0.469. The Hall–Kier alpha value is 0. The third-order valence-corrected chi connectivity index (χ3v) is 0. The van der Waals surface area contributed by atoms with Crippen molar-refractivity contribution in [3.8, 4) is 0 Å². The molecule has 0 bridgehead atoms. The van der Waals surface area contributed by atoms with Crippen LogP contribution in [-0.4, -0.2) is 0 Å². The zero-order valence-corrected chi connectivity index (χ0v) is 9.21. The van der Waals surface area contributed by atoms with Crippen molar-refractivity contribution in [3.05, 3.63) is 0 Å². The Bertz CT molecular complexity index is 23.8. The second-order valence-electron chi connectivity index (χ2n) is 3.71. The van der Waals surface area contributed by atoms with Crippen molar-refractivity contribution >= 4 is 0 Å². The predicted octanol–water partition coefficient (Wildman–Crippen LogP) is 4.49. The standard InChI is InChI=1S/C5H12.C3H8.C2H6/c1-5(2,3)4;1-3-2;1-2/h1-4H3;3H2,1-2H3;1-2H3. The first-order valence-electron chi connectivity index (χ1n) is 4.41. The Morgan fingerprint density at radius 2 is 0.800 bits per heavy atom. The van der Waals surface area contributed by atoms with Crippen LogP contribution in [0.3, 0.4) is 0 Å². The molecule has 0 rings (SSSR count). The van der Waals surface area contributed by atoms with Crippen LogP contribution in [0, 0.1) is 5.41 Å². The van der Waals surface area contributed by atoms with Gasteiger partial charge in [0.1, 0.15) is 0 Å². The van der Waals surface area contributed by atoms with E-state index in [9.17, 15) is 0 Å². The van der Waals surface area contributed by atoms with E-state index in [-0.39, 0.29) is 0 Å². The second-order valence-corrected chi connectivity index (χ2v) is 3.71. The highest BCUT2D eigenvalue weighted by molar-refractivity contribution is 4.47. The minimum absolute atomic E-state index is 0.500. The molecular weight excluding hydrogens is 120 g/mol. The normalized spacial score (nSPS) is 8.40. The summed E-state index contributed by atoms with van der Waals surface area (Å²) in [5.41, 5.74) is 0.500. The maximum Gasteiger partial charge on any atom is -0.0411 e. The van der Waals surface area contributed by atoms with Crippen molar-refractivity contribution in [2.45, 2.75) is 61.8 Å². The molecule has 0 amide bonds. The molecule has 0 saturated carbocycles. The van der Waals surface area contributed by atoms with Gasteiger partial charge in [-0.2, -0.15) is 0 Å². The first-order valence-corrected chi connectivity index (χ1v) is 4.41. The summed E-state index contributed by atoms with van der Waals surface area (Å²) < 4.78 is 0. The van der Waals surface area contributed by atoms with Crippen LogP contribution in [0.15, 0.2) is 0 Å². The summed E-state index contributed by atoms with van der Waals surface area (Å²) in [7, 11) is 0. The molecule has 0 N–H and O–H groups in total. The largest absolute Gasteiger partial charge is 0.0683 e. The Morgan fingerprint density at radius 3 is 0.800 bits per heavy atom. The van der Waals surface area contributed by atoms with Gasteiger partial charge in [0.25, 0.3) is 0 Å². The van der Waals surface area contributed by atoms with Gasteiger partial charge in [0, 0.05) is 0 Å². The zero-order chi connectivity index (χ0) is 9.21. The van der Waals surface area contributed by atoms with Crippen LogP contribution in [-0.2, 0) is 0 Å². The summed E-state index contributed by atoms with van der Waals surface area (Å²) in [6.07, 6.45) is 1.25.